The van der Waals surface area contributed by atoms with Crippen LogP contribution in [0.1, 0.15) is 21.6 Å². The summed E-state index contributed by atoms with van der Waals surface area (Å²) in [4.78, 5) is 21.9. The number of benzene rings is 1. The Hall–Kier alpha value is -2.88. The van der Waals surface area contributed by atoms with Crippen LogP contribution in [0.4, 0.5) is 0 Å². The Kier molecular flexibility index (Phi) is 3.45. The predicted octanol–water partition coefficient (Wildman–Crippen LogP) is 3.68. The van der Waals surface area contributed by atoms with Gasteiger partial charge in [-0.15, -0.1) is 0 Å². The molecule has 0 bridgehead atoms. The zero-order valence-corrected chi connectivity index (χ0v) is 13.8. The Morgan fingerprint density at radius 1 is 1.08 bits per heavy atom. The normalized spacial score (nSPS) is 13.9. The molecule has 1 aliphatic heterocycles. The Balaban J connectivity index is 1.73. The van der Waals surface area contributed by atoms with E-state index in [-0.39, 0.29) is 5.91 Å². The minimum absolute atomic E-state index is 0.0894. The number of pyridine rings is 1. The molecule has 4 rings (SSSR count). The first-order valence-electron chi connectivity index (χ1n) is 8.12. The molecule has 0 saturated heterocycles. The van der Waals surface area contributed by atoms with Crippen molar-refractivity contribution in [3.05, 3.63) is 65.5 Å². The first-order chi connectivity index (χ1) is 11.6. The third-order valence-electron chi connectivity index (χ3n) is 4.59. The Labute approximate surface area is 141 Å². The lowest BCUT2D eigenvalue weighted by atomic mass is 10.1. The number of nitrogens with one attached hydrogen (secondary N) is 1. The second-order valence-electron chi connectivity index (χ2n) is 6.35. The molecule has 0 saturated carbocycles. The van der Waals surface area contributed by atoms with E-state index in [1.807, 2.05) is 25.4 Å². The number of fused-ring (bicyclic) bond motifs is 1. The molecular weight excluding hydrogens is 298 g/mol. The quantitative estimate of drug-likeness (QED) is 0.784. The van der Waals surface area contributed by atoms with Crippen molar-refractivity contribution in [1.29, 1.82) is 0 Å². The molecule has 1 aliphatic rings. The number of aromatic nitrogens is 2. The van der Waals surface area contributed by atoms with Crippen LogP contribution >= 0.6 is 0 Å². The predicted molar refractivity (Wildman–Crippen MR) is 94.9 cm³/mol. The van der Waals surface area contributed by atoms with E-state index in [1.54, 1.807) is 4.90 Å². The molecular formula is C20H19N3O. The lowest BCUT2D eigenvalue weighted by molar-refractivity contribution is 0.0780. The van der Waals surface area contributed by atoms with Crippen LogP contribution < -0.4 is 0 Å². The van der Waals surface area contributed by atoms with E-state index in [1.165, 1.54) is 5.56 Å². The topological polar surface area (TPSA) is 49.0 Å². The van der Waals surface area contributed by atoms with Gasteiger partial charge in [0.05, 0.1) is 11.3 Å². The van der Waals surface area contributed by atoms with Crippen molar-refractivity contribution < 1.29 is 4.79 Å². The van der Waals surface area contributed by atoms with E-state index in [4.69, 9.17) is 0 Å². The first kappa shape index (κ1) is 14.7. The van der Waals surface area contributed by atoms with Gasteiger partial charge in [-0.3, -0.25) is 9.78 Å². The number of hydrogen-bond donors (Lipinski definition) is 1. The number of amides is 1. The second kappa shape index (κ2) is 5.64. The molecule has 4 nitrogen and oxygen atoms in total. The molecule has 4 heteroatoms. The average molecular weight is 317 g/mol. The smallest absolute Gasteiger partial charge is 0.255 e. The summed E-state index contributed by atoms with van der Waals surface area (Å²) in [5, 5.41) is 0. The van der Waals surface area contributed by atoms with Crippen molar-refractivity contribution in [3.63, 3.8) is 0 Å². The van der Waals surface area contributed by atoms with Gasteiger partial charge >= 0.3 is 0 Å². The molecule has 1 N–H and O–H groups in total. The lowest BCUT2D eigenvalue weighted by Crippen LogP contribution is -2.33. The van der Waals surface area contributed by atoms with Gasteiger partial charge in [0.1, 0.15) is 0 Å². The number of aryl methyl sites for hydroxylation is 1. The highest BCUT2D eigenvalue weighted by atomic mass is 16.2. The SMILES string of the molecule is Cc1ccc(-c2cc(-c3cc4c([nH]3)CCN(C)C4=O)ccn2)cc1. The van der Waals surface area contributed by atoms with Gasteiger partial charge in [0, 0.05) is 48.7 Å². The van der Waals surface area contributed by atoms with Crippen molar-refractivity contribution in [2.24, 2.45) is 0 Å². The summed E-state index contributed by atoms with van der Waals surface area (Å²) in [6, 6.07) is 14.3. The van der Waals surface area contributed by atoms with Gasteiger partial charge < -0.3 is 9.88 Å². The van der Waals surface area contributed by atoms with Crippen LogP contribution in [0.25, 0.3) is 22.5 Å². The van der Waals surface area contributed by atoms with Crippen LogP contribution in [0.15, 0.2) is 48.7 Å². The standard InChI is InChI=1S/C20H19N3O/c1-13-3-5-14(6-4-13)18-11-15(7-9-21-18)19-12-16-17(22-19)8-10-23(2)20(16)24/h3-7,9,11-12,22H,8,10H2,1-2H3. The molecule has 0 unspecified atom stereocenters. The van der Waals surface area contributed by atoms with E-state index in [0.29, 0.717) is 0 Å². The van der Waals surface area contributed by atoms with Gasteiger partial charge in [-0.05, 0) is 25.1 Å². The average Bonchev–Trinajstić information content (AvgIpc) is 3.04. The minimum atomic E-state index is 0.0894. The number of nitrogens with zero attached hydrogens (tertiary/aromatic N) is 2. The highest BCUT2D eigenvalue weighted by Crippen LogP contribution is 2.28. The van der Waals surface area contributed by atoms with Crippen LogP contribution in [-0.4, -0.2) is 34.4 Å². The molecule has 0 atom stereocenters. The van der Waals surface area contributed by atoms with Crippen LogP contribution in [-0.2, 0) is 6.42 Å². The first-order valence-corrected chi connectivity index (χ1v) is 8.12. The molecule has 3 aromatic rings. The Morgan fingerprint density at radius 3 is 2.67 bits per heavy atom. The van der Waals surface area contributed by atoms with E-state index < -0.39 is 0 Å². The summed E-state index contributed by atoms with van der Waals surface area (Å²) in [7, 11) is 1.85. The van der Waals surface area contributed by atoms with Crippen molar-refractivity contribution in [1.82, 2.24) is 14.9 Å². The van der Waals surface area contributed by atoms with E-state index in [2.05, 4.69) is 47.2 Å². The number of H-pyrrole nitrogens is 1. The van der Waals surface area contributed by atoms with Crippen molar-refractivity contribution in [3.8, 4) is 22.5 Å². The highest BCUT2D eigenvalue weighted by molar-refractivity contribution is 5.97. The maximum absolute atomic E-state index is 12.3. The fourth-order valence-corrected chi connectivity index (χ4v) is 3.11. The number of carbonyl (C=O) groups excluding carboxylic acids is 1. The van der Waals surface area contributed by atoms with Gasteiger partial charge in [-0.2, -0.15) is 0 Å². The van der Waals surface area contributed by atoms with Crippen molar-refractivity contribution >= 4 is 5.91 Å². The Bertz CT molecular complexity index is 909. The van der Waals surface area contributed by atoms with Crippen LogP contribution in [0.2, 0.25) is 0 Å². The second-order valence-corrected chi connectivity index (χ2v) is 6.35. The van der Waals surface area contributed by atoms with E-state index >= 15 is 0 Å². The largest absolute Gasteiger partial charge is 0.358 e. The number of likely N-dealkylation sites (N-methyl/N-ethyl adjacent to an activating group) is 1. The fourth-order valence-electron chi connectivity index (χ4n) is 3.11. The maximum Gasteiger partial charge on any atom is 0.255 e. The highest BCUT2D eigenvalue weighted by Gasteiger charge is 2.24. The molecule has 3 heterocycles. The van der Waals surface area contributed by atoms with Crippen LogP contribution in [0, 0.1) is 6.92 Å². The monoisotopic (exact) mass is 317 g/mol. The molecule has 0 fully saturated rings. The number of aromatic amines is 1. The molecule has 1 aromatic carbocycles. The lowest BCUT2D eigenvalue weighted by Gasteiger charge is -2.21. The molecule has 120 valence electrons. The summed E-state index contributed by atoms with van der Waals surface area (Å²) in [5.74, 6) is 0.0894. The molecule has 0 radical (unpaired) electrons. The maximum atomic E-state index is 12.3. The van der Waals surface area contributed by atoms with Crippen LogP contribution in [0.3, 0.4) is 0 Å². The van der Waals surface area contributed by atoms with Crippen LogP contribution in [0.5, 0.6) is 0 Å². The zero-order valence-electron chi connectivity index (χ0n) is 13.8. The van der Waals surface area contributed by atoms with Crippen molar-refractivity contribution in [2.75, 3.05) is 13.6 Å². The van der Waals surface area contributed by atoms with E-state index in [0.717, 1.165) is 46.7 Å². The number of carbonyl (C=O) groups is 1. The summed E-state index contributed by atoms with van der Waals surface area (Å²) in [5.41, 5.74) is 7.09. The summed E-state index contributed by atoms with van der Waals surface area (Å²) in [6.45, 7) is 2.84. The zero-order chi connectivity index (χ0) is 16.7. The molecule has 0 aliphatic carbocycles. The third kappa shape index (κ3) is 2.50. The minimum Gasteiger partial charge on any atom is -0.358 e. The van der Waals surface area contributed by atoms with Gasteiger partial charge in [0.2, 0.25) is 0 Å². The van der Waals surface area contributed by atoms with Gasteiger partial charge in [-0.25, -0.2) is 0 Å². The molecule has 2 aromatic heterocycles. The van der Waals surface area contributed by atoms with Gasteiger partial charge in [0.25, 0.3) is 5.91 Å². The Morgan fingerprint density at radius 2 is 1.88 bits per heavy atom. The summed E-state index contributed by atoms with van der Waals surface area (Å²) in [6.07, 6.45) is 2.69. The number of rotatable bonds is 2. The number of hydrogen-bond acceptors (Lipinski definition) is 2. The van der Waals surface area contributed by atoms with Gasteiger partial charge in [-0.1, -0.05) is 29.8 Å². The summed E-state index contributed by atoms with van der Waals surface area (Å²) < 4.78 is 0. The summed E-state index contributed by atoms with van der Waals surface area (Å²) >= 11 is 0. The van der Waals surface area contributed by atoms with Crippen molar-refractivity contribution in [2.45, 2.75) is 13.3 Å². The van der Waals surface area contributed by atoms with E-state index in [9.17, 15) is 4.79 Å². The fraction of sp³-hybridized carbons (Fsp3) is 0.200. The molecule has 24 heavy (non-hydrogen) atoms. The molecule has 0 spiro atoms. The molecule has 1 amide bonds. The van der Waals surface area contributed by atoms with Gasteiger partial charge in [0.15, 0.2) is 0 Å². The third-order valence-corrected chi connectivity index (χ3v) is 4.59.